The van der Waals surface area contributed by atoms with Crippen molar-refractivity contribution in [2.75, 3.05) is 26.2 Å². The summed E-state index contributed by atoms with van der Waals surface area (Å²) in [6.45, 7) is 3.70. The molecule has 2 fully saturated rings. The standard InChI is InChI=1S/C17H26N2O3.2ClH/c20-13-10-14(21)16(15(22)11-13)17(12-4-2-1-3-5-12)19-8-6-18-7-9-19;;/h10-12,17-18,20-22H,1-9H2;2*1H/t17-;;/m0../s1. The van der Waals surface area contributed by atoms with Gasteiger partial charge in [-0.1, -0.05) is 19.3 Å². The van der Waals surface area contributed by atoms with Gasteiger partial charge in [0.05, 0.1) is 5.56 Å². The lowest BCUT2D eigenvalue weighted by Gasteiger charge is -2.41. The Morgan fingerprint density at radius 3 is 2.00 bits per heavy atom. The molecule has 1 aliphatic carbocycles. The smallest absolute Gasteiger partial charge is 0.127 e. The third kappa shape index (κ3) is 4.60. The monoisotopic (exact) mass is 378 g/mol. The van der Waals surface area contributed by atoms with Gasteiger partial charge in [-0.05, 0) is 18.8 Å². The second-order valence-corrected chi connectivity index (χ2v) is 6.53. The second kappa shape index (κ2) is 9.56. The number of halogens is 2. The van der Waals surface area contributed by atoms with E-state index in [1.165, 1.54) is 31.4 Å². The minimum Gasteiger partial charge on any atom is -0.508 e. The Kier molecular flexibility index (Phi) is 8.43. The molecule has 1 saturated heterocycles. The fourth-order valence-corrected chi connectivity index (χ4v) is 4.04. The van der Waals surface area contributed by atoms with Crippen LogP contribution in [-0.2, 0) is 0 Å². The highest BCUT2D eigenvalue weighted by Gasteiger charge is 2.34. The molecule has 0 radical (unpaired) electrons. The van der Waals surface area contributed by atoms with Crippen LogP contribution in [0.2, 0.25) is 0 Å². The number of nitrogens with one attached hydrogen (secondary N) is 1. The highest BCUT2D eigenvalue weighted by Crippen LogP contribution is 2.46. The molecule has 1 heterocycles. The van der Waals surface area contributed by atoms with E-state index in [9.17, 15) is 15.3 Å². The van der Waals surface area contributed by atoms with Crippen molar-refractivity contribution in [3.8, 4) is 17.2 Å². The summed E-state index contributed by atoms with van der Waals surface area (Å²) in [6.07, 6.45) is 5.97. The Hall–Kier alpha value is -0.880. The molecule has 5 nitrogen and oxygen atoms in total. The fraction of sp³-hybridized carbons (Fsp3) is 0.647. The first-order valence-electron chi connectivity index (χ1n) is 8.36. The number of rotatable bonds is 3. The van der Waals surface area contributed by atoms with E-state index < -0.39 is 0 Å². The minimum atomic E-state index is -0.0959. The van der Waals surface area contributed by atoms with Crippen molar-refractivity contribution < 1.29 is 15.3 Å². The summed E-state index contributed by atoms with van der Waals surface area (Å²) in [7, 11) is 0. The minimum absolute atomic E-state index is 0. The first-order valence-corrected chi connectivity index (χ1v) is 8.36. The van der Waals surface area contributed by atoms with Gasteiger partial charge in [0.1, 0.15) is 17.2 Å². The lowest BCUT2D eigenvalue weighted by atomic mass is 9.79. The lowest BCUT2D eigenvalue weighted by molar-refractivity contribution is 0.0991. The Morgan fingerprint density at radius 2 is 1.46 bits per heavy atom. The van der Waals surface area contributed by atoms with Crippen LogP contribution in [0.3, 0.4) is 0 Å². The highest BCUT2D eigenvalue weighted by molar-refractivity contribution is 5.85. The van der Waals surface area contributed by atoms with Gasteiger partial charge >= 0.3 is 0 Å². The second-order valence-electron chi connectivity index (χ2n) is 6.53. The molecule has 1 aliphatic heterocycles. The average Bonchev–Trinajstić information content (AvgIpc) is 2.52. The van der Waals surface area contributed by atoms with Gasteiger partial charge in [-0.2, -0.15) is 0 Å². The van der Waals surface area contributed by atoms with Crippen LogP contribution in [0.5, 0.6) is 17.2 Å². The number of phenolic OH excluding ortho intramolecular Hbond substituents is 3. The van der Waals surface area contributed by atoms with Gasteiger partial charge in [-0.25, -0.2) is 0 Å². The number of phenols is 3. The van der Waals surface area contributed by atoms with Crippen molar-refractivity contribution in [2.24, 2.45) is 5.92 Å². The number of benzene rings is 1. The molecular formula is C17H28Cl2N2O3. The van der Waals surface area contributed by atoms with Crippen LogP contribution in [0.15, 0.2) is 12.1 Å². The molecule has 0 amide bonds. The Balaban J connectivity index is 0.00000144. The predicted octanol–water partition coefficient (Wildman–Crippen LogP) is 3.17. The summed E-state index contributed by atoms with van der Waals surface area (Å²) in [5.41, 5.74) is 0.589. The van der Waals surface area contributed by atoms with Gasteiger partial charge in [0.2, 0.25) is 0 Å². The third-order valence-corrected chi connectivity index (χ3v) is 5.06. The maximum atomic E-state index is 10.3. The molecule has 4 N–H and O–H groups in total. The van der Waals surface area contributed by atoms with Crippen LogP contribution in [0.25, 0.3) is 0 Å². The van der Waals surface area contributed by atoms with Crippen LogP contribution in [-0.4, -0.2) is 46.4 Å². The summed E-state index contributed by atoms with van der Waals surface area (Å²) in [5.74, 6) is 0.368. The van der Waals surface area contributed by atoms with Crippen molar-refractivity contribution in [3.05, 3.63) is 17.7 Å². The predicted molar refractivity (Wildman–Crippen MR) is 99.7 cm³/mol. The maximum Gasteiger partial charge on any atom is 0.127 e. The molecule has 1 atom stereocenters. The van der Waals surface area contributed by atoms with Gasteiger partial charge < -0.3 is 20.6 Å². The van der Waals surface area contributed by atoms with Crippen molar-refractivity contribution >= 4 is 24.8 Å². The average molecular weight is 379 g/mol. The molecule has 0 spiro atoms. The molecule has 1 aromatic carbocycles. The molecule has 1 saturated carbocycles. The molecule has 0 unspecified atom stereocenters. The van der Waals surface area contributed by atoms with Crippen LogP contribution in [0.1, 0.15) is 43.7 Å². The number of piperazine rings is 1. The van der Waals surface area contributed by atoms with Crippen molar-refractivity contribution in [1.82, 2.24) is 10.2 Å². The fourth-order valence-electron chi connectivity index (χ4n) is 4.04. The number of nitrogens with zero attached hydrogens (tertiary/aromatic N) is 1. The lowest BCUT2D eigenvalue weighted by Crippen LogP contribution is -2.47. The number of aromatic hydroxyl groups is 3. The molecule has 3 rings (SSSR count). The van der Waals surface area contributed by atoms with Gasteiger partial charge in [0.15, 0.2) is 0 Å². The summed E-state index contributed by atoms with van der Waals surface area (Å²) < 4.78 is 0. The number of hydrogen-bond acceptors (Lipinski definition) is 5. The van der Waals surface area contributed by atoms with E-state index in [-0.39, 0.29) is 48.1 Å². The Labute approximate surface area is 155 Å². The zero-order chi connectivity index (χ0) is 15.5. The van der Waals surface area contributed by atoms with Crippen molar-refractivity contribution in [2.45, 2.75) is 38.1 Å². The molecule has 0 bridgehead atoms. The quantitative estimate of drug-likeness (QED) is 0.649. The molecular weight excluding hydrogens is 351 g/mol. The van der Waals surface area contributed by atoms with E-state index in [4.69, 9.17) is 0 Å². The highest BCUT2D eigenvalue weighted by atomic mass is 35.5. The van der Waals surface area contributed by atoms with E-state index in [1.807, 2.05) is 0 Å². The summed E-state index contributed by atoms with van der Waals surface area (Å²) in [5, 5.41) is 33.6. The Bertz CT molecular complexity index is 478. The van der Waals surface area contributed by atoms with Gasteiger partial charge in [-0.15, -0.1) is 24.8 Å². The van der Waals surface area contributed by atoms with E-state index in [0.29, 0.717) is 11.5 Å². The van der Waals surface area contributed by atoms with E-state index >= 15 is 0 Å². The molecule has 7 heteroatoms. The summed E-state index contributed by atoms with van der Waals surface area (Å²) in [6, 6.07) is 2.71. The molecule has 0 aromatic heterocycles. The summed E-state index contributed by atoms with van der Waals surface area (Å²) >= 11 is 0. The maximum absolute atomic E-state index is 10.3. The largest absolute Gasteiger partial charge is 0.508 e. The van der Waals surface area contributed by atoms with Gasteiger partial charge in [0.25, 0.3) is 0 Å². The first kappa shape index (κ1) is 21.2. The normalized spacial score (nSPS) is 20.7. The van der Waals surface area contributed by atoms with E-state index in [1.54, 1.807) is 0 Å². The zero-order valence-corrected chi connectivity index (χ0v) is 15.4. The molecule has 1 aromatic rings. The van der Waals surface area contributed by atoms with Crippen LogP contribution in [0.4, 0.5) is 0 Å². The van der Waals surface area contributed by atoms with Crippen LogP contribution >= 0.6 is 24.8 Å². The topological polar surface area (TPSA) is 76.0 Å². The van der Waals surface area contributed by atoms with Gasteiger partial charge in [0, 0.05) is 44.4 Å². The van der Waals surface area contributed by atoms with E-state index in [0.717, 1.165) is 39.0 Å². The zero-order valence-electron chi connectivity index (χ0n) is 13.8. The molecule has 24 heavy (non-hydrogen) atoms. The molecule has 2 aliphatic rings. The van der Waals surface area contributed by atoms with Crippen molar-refractivity contribution in [3.63, 3.8) is 0 Å². The SMILES string of the molecule is Cl.Cl.Oc1cc(O)c([C@H](C2CCCCC2)N2CCNCC2)c(O)c1. The summed E-state index contributed by atoms with van der Waals surface area (Å²) in [4.78, 5) is 2.37. The van der Waals surface area contributed by atoms with Crippen LogP contribution in [0, 0.1) is 5.92 Å². The van der Waals surface area contributed by atoms with E-state index in [2.05, 4.69) is 10.2 Å². The van der Waals surface area contributed by atoms with Crippen molar-refractivity contribution in [1.29, 1.82) is 0 Å². The van der Waals surface area contributed by atoms with Crippen LogP contribution < -0.4 is 5.32 Å². The first-order chi connectivity index (χ1) is 10.7. The number of hydrogen-bond donors (Lipinski definition) is 4. The Morgan fingerprint density at radius 1 is 0.917 bits per heavy atom. The third-order valence-electron chi connectivity index (χ3n) is 5.06. The molecule has 138 valence electrons. The van der Waals surface area contributed by atoms with Gasteiger partial charge in [-0.3, -0.25) is 4.90 Å².